The zero-order chi connectivity index (χ0) is 24.3. The topological polar surface area (TPSA) is 89.5 Å². The minimum absolute atomic E-state index is 0.0662. The summed E-state index contributed by atoms with van der Waals surface area (Å²) in [4.78, 5) is 30.1. The van der Waals surface area contributed by atoms with Crippen LogP contribution in [0.3, 0.4) is 0 Å². The number of carbonyl (C=O) groups is 1. The number of morpholine rings is 1. The van der Waals surface area contributed by atoms with E-state index in [0.717, 1.165) is 85.9 Å². The van der Waals surface area contributed by atoms with Crippen LogP contribution in [0.2, 0.25) is 0 Å². The Morgan fingerprint density at radius 2 is 1.94 bits per heavy atom. The highest BCUT2D eigenvalue weighted by molar-refractivity contribution is 7.16. The van der Waals surface area contributed by atoms with Gasteiger partial charge in [0.05, 0.1) is 29.9 Å². The van der Waals surface area contributed by atoms with Gasteiger partial charge < -0.3 is 14.8 Å². The molecule has 2 aromatic heterocycles. The quantitative estimate of drug-likeness (QED) is 0.594. The molecule has 0 aromatic carbocycles. The molecule has 1 aliphatic heterocycles. The van der Waals surface area contributed by atoms with Gasteiger partial charge in [-0.1, -0.05) is 30.3 Å². The third-order valence-electron chi connectivity index (χ3n) is 7.70. The summed E-state index contributed by atoms with van der Waals surface area (Å²) in [5.74, 6) is 0.877. The van der Waals surface area contributed by atoms with Gasteiger partial charge >= 0.3 is 0 Å². The lowest BCUT2D eigenvalue weighted by molar-refractivity contribution is -0.125. The normalized spacial score (nSPS) is 24.6. The van der Waals surface area contributed by atoms with Gasteiger partial charge in [0.25, 0.3) is 0 Å². The fourth-order valence-corrected chi connectivity index (χ4v) is 6.35. The van der Waals surface area contributed by atoms with Crippen molar-refractivity contribution in [2.45, 2.75) is 63.7 Å². The predicted octanol–water partition coefficient (Wildman–Crippen LogP) is 4.40. The second kappa shape index (κ2) is 10.9. The minimum atomic E-state index is 0.0662. The Morgan fingerprint density at radius 3 is 2.72 bits per heavy atom. The molecule has 3 fully saturated rings. The van der Waals surface area contributed by atoms with Crippen LogP contribution in [0.15, 0.2) is 18.5 Å². The molecule has 1 N–H and O–H groups in total. The Morgan fingerprint density at radius 1 is 1.17 bits per heavy atom. The van der Waals surface area contributed by atoms with Crippen LogP contribution in [-0.2, 0) is 20.9 Å². The van der Waals surface area contributed by atoms with Gasteiger partial charge in [-0.15, -0.1) is 0 Å². The molecule has 1 saturated heterocycles. The first-order valence-electron chi connectivity index (χ1n) is 13.1. The number of nitrogens with one attached hydrogen (secondary N) is 1. The van der Waals surface area contributed by atoms with Crippen molar-refractivity contribution < 1.29 is 14.3 Å². The molecule has 0 spiro atoms. The number of aromatic nitrogens is 3. The van der Waals surface area contributed by atoms with Gasteiger partial charge in [-0.2, -0.15) is 0 Å². The summed E-state index contributed by atoms with van der Waals surface area (Å²) in [5, 5.41) is 3.73. The van der Waals surface area contributed by atoms with Gasteiger partial charge in [0.2, 0.25) is 5.91 Å². The third-order valence-corrected chi connectivity index (χ3v) is 8.64. The van der Waals surface area contributed by atoms with E-state index < -0.39 is 0 Å². The van der Waals surface area contributed by atoms with Gasteiger partial charge in [-0.05, 0) is 49.8 Å². The molecule has 2 saturated carbocycles. The maximum absolute atomic E-state index is 12.8. The van der Waals surface area contributed by atoms with Crippen molar-refractivity contribution in [1.82, 2.24) is 19.9 Å². The second-order valence-corrected chi connectivity index (χ2v) is 11.1. The van der Waals surface area contributed by atoms with Crippen LogP contribution in [0.1, 0.15) is 66.9 Å². The van der Waals surface area contributed by atoms with Crippen LogP contribution in [0.5, 0.6) is 0 Å². The van der Waals surface area contributed by atoms with Gasteiger partial charge in [0.1, 0.15) is 6.61 Å². The number of hydrogen-bond acceptors (Lipinski definition) is 8. The van der Waals surface area contributed by atoms with Crippen molar-refractivity contribution >= 4 is 40.1 Å². The van der Waals surface area contributed by atoms with E-state index in [-0.39, 0.29) is 11.8 Å². The monoisotopic (exact) mass is 507 g/mol. The van der Waals surface area contributed by atoms with E-state index >= 15 is 0 Å². The van der Waals surface area contributed by atoms with Crippen LogP contribution >= 0.6 is 11.3 Å². The molecule has 3 heterocycles. The largest absolute Gasteiger partial charge is 0.379 e. The maximum atomic E-state index is 12.8. The van der Waals surface area contributed by atoms with E-state index in [2.05, 4.69) is 37.3 Å². The molecule has 8 nitrogen and oxygen atoms in total. The average molecular weight is 508 g/mol. The molecular formula is C27H33N5O3S. The number of hydrogen-bond donors (Lipinski definition) is 1. The molecule has 4 aliphatic rings. The number of allylic oxidation sites excluding steroid dienone is 2. The highest BCUT2D eigenvalue weighted by Gasteiger charge is 2.38. The van der Waals surface area contributed by atoms with Crippen LogP contribution in [0.4, 0.5) is 5.13 Å². The summed E-state index contributed by atoms with van der Waals surface area (Å²) < 4.78 is 11.4. The summed E-state index contributed by atoms with van der Waals surface area (Å²) >= 11 is 1.52. The first-order chi connectivity index (χ1) is 17.7. The standard InChI is InChI=1S/C27H33N5O3S/c33-26(19-12-21(13-19)32-8-10-34-11-9-32)31-27-30-23-7-3-4-18(14-24(23)36-27)20-15-28-25(29-16-20)17-35-22-5-1-2-6-22/h3,7,14-16,19,21-22H,1-2,4-6,8-13,17H2,(H,30,31,33). The van der Waals surface area contributed by atoms with Crippen molar-refractivity contribution in [1.29, 1.82) is 0 Å². The zero-order valence-corrected chi connectivity index (χ0v) is 21.3. The first kappa shape index (κ1) is 23.9. The molecule has 36 heavy (non-hydrogen) atoms. The van der Waals surface area contributed by atoms with Crippen molar-refractivity contribution in [2.24, 2.45) is 5.92 Å². The van der Waals surface area contributed by atoms with E-state index in [0.29, 0.717) is 23.9 Å². The molecule has 0 radical (unpaired) electrons. The number of thiazole rings is 1. The molecule has 2 aromatic rings. The molecule has 0 atom stereocenters. The number of anilines is 1. The summed E-state index contributed by atoms with van der Waals surface area (Å²) in [6.07, 6.45) is 17.9. The van der Waals surface area contributed by atoms with E-state index in [1.807, 2.05) is 18.5 Å². The zero-order valence-electron chi connectivity index (χ0n) is 20.5. The first-order valence-corrected chi connectivity index (χ1v) is 14.0. The number of carbonyl (C=O) groups excluding carboxylic acids is 1. The van der Waals surface area contributed by atoms with Gasteiger partial charge in [-0.25, -0.2) is 15.0 Å². The van der Waals surface area contributed by atoms with E-state index in [4.69, 9.17) is 9.47 Å². The average Bonchev–Trinajstić information content (AvgIpc) is 3.48. The highest BCUT2D eigenvalue weighted by atomic mass is 32.1. The van der Waals surface area contributed by atoms with Gasteiger partial charge in [0, 0.05) is 43.0 Å². The number of rotatable bonds is 7. The number of amides is 1. The molecule has 3 aliphatic carbocycles. The highest BCUT2D eigenvalue weighted by Crippen LogP contribution is 2.36. The Labute approximate surface area is 215 Å². The Bertz CT molecular complexity index is 1130. The second-order valence-electron chi connectivity index (χ2n) is 10.1. The van der Waals surface area contributed by atoms with Crippen molar-refractivity contribution in [3.8, 4) is 0 Å². The Balaban J connectivity index is 1.06. The smallest absolute Gasteiger partial charge is 0.229 e. The molecule has 0 unspecified atom stereocenters. The third kappa shape index (κ3) is 5.44. The Kier molecular flexibility index (Phi) is 7.23. The number of nitrogens with zero attached hydrogens (tertiary/aromatic N) is 4. The molecular weight excluding hydrogens is 474 g/mol. The van der Waals surface area contributed by atoms with E-state index in [1.54, 1.807) is 0 Å². The fraction of sp³-hybridized carbons (Fsp3) is 0.556. The van der Waals surface area contributed by atoms with Crippen LogP contribution in [-0.4, -0.2) is 64.2 Å². The summed E-state index contributed by atoms with van der Waals surface area (Å²) in [6, 6.07) is 0.508. The van der Waals surface area contributed by atoms with Gasteiger partial charge in [0.15, 0.2) is 11.0 Å². The molecule has 6 rings (SSSR count). The molecule has 0 bridgehead atoms. The number of ether oxygens (including phenoxy) is 2. The molecule has 9 heteroatoms. The SMILES string of the molecule is O=C(Nc1nc2c(s1)C=C(c1cnc(COC3CCCC3)nc1)CC=C2)C1CC(N2CCOCC2)C1. The lowest BCUT2D eigenvalue weighted by Gasteiger charge is -2.43. The summed E-state index contributed by atoms with van der Waals surface area (Å²) in [7, 11) is 0. The number of fused-ring (bicyclic) bond motifs is 1. The van der Waals surface area contributed by atoms with Crippen LogP contribution in [0.25, 0.3) is 17.7 Å². The van der Waals surface area contributed by atoms with E-state index in [1.165, 1.54) is 24.2 Å². The lowest BCUT2D eigenvalue weighted by atomic mass is 9.78. The van der Waals surface area contributed by atoms with Crippen molar-refractivity contribution in [3.63, 3.8) is 0 Å². The lowest BCUT2D eigenvalue weighted by Crippen LogP contribution is -2.51. The van der Waals surface area contributed by atoms with Gasteiger partial charge in [-0.3, -0.25) is 9.69 Å². The van der Waals surface area contributed by atoms with Crippen molar-refractivity contribution in [3.05, 3.63) is 40.4 Å². The van der Waals surface area contributed by atoms with Crippen LogP contribution < -0.4 is 5.32 Å². The maximum Gasteiger partial charge on any atom is 0.229 e. The van der Waals surface area contributed by atoms with Crippen LogP contribution in [0, 0.1) is 5.92 Å². The fourth-order valence-electron chi connectivity index (χ4n) is 5.43. The minimum Gasteiger partial charge on any atom is -0.379 e. The summed E-state index contributed by atoms with van der Waals surface area (Å²) in [6.45, 7) is 4.01. The van der Waals surface area contributed by atoms with E-state index in [9.17, 15) is 4.79 Å². The molecule has 1 amide bonds. The Hall–Kier alpha value is -2.46. The predicted molar refractivity (Wildman–Crippen MR) is 140 cm³/mol. The molecule has 190 valence electrons. The summed E-state index contributed by atoms with van der Waals surface area (Å²) in [5.41, 5.74) is 3.04. The van der Waals surface area contributed by atoms with Crippen molar-refractivity contribution in [2.75, 3.05) is 31.6 Å².